The fourth-order valence-electron chi connectivity index (χ4n) is 2.14. The number of ether oxygens (including phenoxy) is 1. The number of hydrogen-bond acceptors (Lipinski definition) is 7. The van der Waals surface area contributed by atoms with Crippen LogP contribution in [0.5, 0.6) is 5.75 Å². The van der Waals surface area contributed by atoms with E-state index < -0.39 is 0 Å². The molecule has 0 aliphatic heterocycles. The summed E-state index contributed by atoms with van der Waals surface area (Å²) in [6, 6.07) is 5.50. The highest BCUT2D eigenvalue weighted by atomic mass is 32.1. The second-order valence-corrected chi connectivity index (χ2v) is 5.77. The Labute approximate surface area is 142 Å². The first-order chi connectivity index (χ1) is 11.6. The number of methoxy groups -OCH3 is 1. The van der Waals surface area contributed by atoms with Crippen molar-refractivity contribution in [3.8, 4) is 17.0 Å². The molecule has 0 atom stereocenters. The van der Waals surface area contributed by atoms with Gasteiger partial charge in [-0.25, -0.2) is 9.97 Å². The van der Waals surface area contributed by atoms with Crippen molar-refractivity contribution < 1.29 is 13.9 Å². The molecule has 3 rings (SSSR count). The van der Waals surface area contributed by atoms with Crippen LogP contribution in [0.15, 0.2) is 34.3 Å². The summed E-state index contributed by atoms with van der Waals surface area (Å²) in [7, 11) is 3.37. The molecule has 0 unspecified atom stereocenters. The first-order valence-electron chi connectivity index (χ1n) is 7.16. The monoisotopic (exact) mass is 344 g/mol. The number of nitrogens with one attached hydrogen (secondary N) is 2. The lowest BCUT2D eigenvalue weighted by Crippen LogP contribution is -2.13. The second-order valence-electron chi connectivity index (χ2n) is 4.91. The van der Waals surface area contributed by atoms with Crippen LogP contribution in [0.3, 0.4) is 0 Å². The van der Waals surface area contributed by atoms with Gasteiger partial charge in [-0.05, 0) is 18.2 Å². The van der Waals surface area contributed by atoms with Crippen LogP contribution in [0.4, 0.5) is 10.8 Å². The zero-order valence-electron chi connectivity index (χ0n) is 13.4. The van der Waals surface area contributed by atoms with E-state index in [4.69, 9.17) is 9.15 Å². The zero-order chi connectivity index (χ0) is 17.1. The van der Waals surface area contributed by atoms with Crippen molar-refractivity contribution in [1.29, 1.82) is 0 Å². The first kappa shape index (κ1) is 16.0. The van der Waals surface area contributed by atoms with Crippen molar-refractivity contribution in [1.82, 2.24) is 9.97 Å². The average Bonchev–Trinajstić information content (AvgIpc) is 3.23. The van der Waals surface area contributed by atoms with Gasteiger partial charge in [0.2, 0.25) is 0 Å². The van der Waals surface area contributed by atoms with E-state index in [-0.39, 0.29) is 11.6 Å². The molecule has 24 heavy (non-hydrogen) atoms. The normalized spacial score (nSPS) is 10.5. The van der Waals surface area contributed by atoms with E-state index in [9.17, 15) is 4.79 Å². The predicted molar refractivity (Wildman–Crippen MR) is 92.8 cm³/mol. The molecule has 0 fully saturated rings. The smallest absolute Gasteiger partial charge is 0.277 e. The Hall–Kier alpha value is -2.87. The largest absolute Gasteiger partial charge is 0.495 e. The number of amides is 1. The molecule has 124 valence electrons. The molecule has 1 amide bonds. The third-order valence-corrected chi connectivity index (χ3v) is 4.17. The quantitative estimate of drug-likeness (QED) is 0.737. The van der Waals surface area contributed by atoms with Crippen molar-refractivity contribution in [2.45, 2.75) is 6.92 Å². The van der Waals surface area contributed by atoms with E-state index in [0.29, 0.717) is 17.3 Å². The predicted octanol–water partition coefficient (Wildman–Crippen LogP) is 3.41. The van der Waals surface area contributed by atoms with Gasteiger partial charge in [-0.1, -0.05) is 0 Å². The number of rotatable bonds is 5. The lowest BCUT2D eigenvalue weighted by Gasteiger charge is -2.10. The molecule has 0 saturated carbocycles. The molecule has 8 heteroatoms. The molecule has 2 heterocycles. The zero-order valence-corrected chi connectivity index (χ0v) is 14.2. The van der Waals surface area contributed by atoms with Gasteiger partial charge in [-0.2, -0.15) is 0 Å². The van der Waals surface area contributed by atoms with Gasteiger partial charge in [-0.3, -0.25) is 4.79 Å². The standard InChI is InChI=1S/C16H16N4O3S/c1-9-18-12(7-23-9)15(21)19-11-6-10(4-5-14(11)22-3)13-8-24-16(17-2)20-13/h4-8H,1-3H3,(H,17,20)(H,19,21). The van der Waals surface area contributed by atoms with Gasteiger partial charge >= 0.3 is 0 Å². The lowest BCUT2D eigenvalue weighted by atomic mass is 10.1. The molecular weight excluding hydrogens is 328 g/mol. The van der Waals surface area contributed by atoms with Gasteiger partial charge in [0.15, 0.2) is 16.7 Å². The van der Waals surface area contributed by atoms with Crippen LogP contribution in [0.25, 0.3) is 11.3 Å². The van der Waals surface area contributed by atoms with Crippen LogP contribution in [0.1, 0.15) is 16.4 Å². The number of nitrogens with zero attached hydrogens (tertiary/aromatic N) is 2. The van der Waals surface area contributed by atoms with Crippen molar-refractivity contribution in [3.05, 3.63) is 41.4 Å². The van der Waals surface area contributed by atoms with Crippen LogP contribution >= 0.6 is 11.3 Å². The van der Waals surface area contributed by atoms with Crippen LogP contribution in [0, 0.1) is 6.92 Å². The Bertz CT molecular complexity index is 872. The average molecular weight is 344 g/mol. The minimum atomic E-state index is -0.364. The number of aryl methyl sites for hydroxylation is 1. The van der Waals surface area contributed by atoms with Gasteiger partial charge in [0.25, 0.3) is 5.91 Å². The van der Waals surface area contributed by atoms with E-state index in [1.165, 1.54) is 17.6 Å². The number of hydrogen-bond donors (Lipinski definition) is 2. The van der Waals surface area contributed by atoms with E-state index in [0.717, 1.165) is 16.4 Å². The minimum Gasteiger partial charge on any atom is -0.495 e. The molecular formula is C16H16N4O3S. The van der Waals surface area contributed by atoms with Crippen molar-refractivity contribution >= 4 is 28.1 Å². The third-order valence-electron chi connectivity index (χ3n) is 3.31. The molecule has 0 spiro atoms. The SMILES string of the molecule is CNc1nc(-c2ccc(OC)c(NC(=O)c3coc(C)n3)c2)cs1. The third kappa shape index (κ3) is 3.23. The highest BCUT2D eigenvalue weighted by Crippen LogP contribution is 2.32. The fourth-order valence-corrected chi connectivity index (χ4v) is 2.82. The molecule has 0 aliphatic carbocycles. The Balaban J connectivity index is 1.90. The first-order valence-corrected chi connectivity index (χ1v) is 8.04. The molecule has 0 aliphatic rings. The van der Waals surface area contributed by atoms with Crippen LogP contribution in [-0.2, 0) is 0 Å². The molecule has 3 aromatic rings. The number of benzene rings is 1. The second kappa shape index (κ2) is 6.71. The highest BCUT2D eigenvalue weighted by Gasteiger charge is 2.15. The van der Waals surface area contributed by atoms with Crippen LogP contribution in [0.2, 0.25) is 0 Å². The van der Waals surface area contributed by atoms with Crippen LogP contribution in [-0.4, -0.2) is 30.0 Å². The summed E-state index contributed by atoms with van der Waals surface area (Å²) in [5.74, 6) is 0.621. The summed E-state index contributed by atoms with van der Waals surface area (Å²) in [4.78, 5) is 20.8. The number of aromatic nitrogens is 2. The van der Waals surface area contributed by atoms with Crippen LogP contribution < -0.4 is 15.4 Å². The molecule has 0 radical (unpaired) electrons. The van der Waals surface area contributed by atoms with E-state index in [1.54, 1.807) is 20.1 Å². The Kier molecular flexibility index (Phi) is 4.48. The Morgan fingerprint density at radius 1 is 1.33 bits per heavy atom. The van der Waals surface area contributed by atoms with E-state index >= 15 is 0 Å². The fraction of sp³-hybridized carbons (Fsp3) is 0.188. The molecule has 2 aromatic heterocycles. The topological polar surface area (TPSA) is 89.3 Å². The maximum Gasteiger partial charge on any atom is 0.277 e. The van der Waals surface area contributed by atoms with E-state index in [1.807, 2.05) is 24.6 Å². The maximum atomic E-state index is 12.3. The molecule has 1 aromatic carbocycles. The molecule has 2 N–H and O–H groups in total. The summed E-state index contributed by atoms with van der Waals surface area (Å²) >= 11 is 1.51. The van der Waals surface area contributed by atoms with Gasteiger partial charge in [0.05, 0.1) is 18.5 Å². The van der Waals surface area contributed by atoms with Gasteiger partial charge in [0.1, 0.15) is 12.0 Å². The summed E-state index contributed by atoms with van der Waals surface area (Å²) in [6.07, 6.45) is 1.32. The number of oxazole rings is 1. The number of anilines is 2. The Morgan fingerprint density at radius 3 is 2.79 bits per heavy atom. The summed E-state index contributed by atoms with van der Waals surface area (Å²) in [5.41, 5.74) is 2.45. The van der Waals surface area contributed by atoms with Gasteiger partial charge in [-0.15, -0.1) is 11.3 Å². The van der Waals surface area contributed by atoms with Gasteiger partial charge in [0, 0.05) is 24.9 Å². The lowest BCUT2D eigenvalue weighted by molar-refractivity contribution is 0.102. The van der Waals surface area contributed by atoms with E-state index in [2.05, 4.69) is 20.6 Å². The summed E-state index contributed by atoms with van der Waals surface area (Å²) in [5, 5.41) is 8.57. The van der Waals surface area contributed by atoms with Crippen molar-refractivity contribution in [2.75, 3.05) is 24.8 Å². The van der Waals surface area contributed by atoms with Crippen molar-refractivity contribution in [2.24, 2.45) is 0 Å². The van der Waals surface area contributed by atoms with Crippen molar-refractivity contribution in [3.63, 3.8) is 0 Å². The molecule has 0 bridgehead atoms. The molecule has 0 saturated heterocycles. The number of carbonyl (C=O) groups excluding carboxylic acids is 1. The molecule has 7 nitrogen and oxygen atoms in total. The Morgan fingerprint density at radius 2 is 2.17 bits per heavy atom. The number of thiazole rings is 1. The minimum absolute atomic E-state index is 0.214. The number of carbonyl (C=O) groups is 1. The summed E-state index contributed by atoms with van der Waals surface area (Å²) in [6.45, 7) is 1.68. The highest BCUT2D eigenvalue weighted by molar-refractivity contribution is 7.14. The maximum absolute atomic E-state index is 12.3. The van der Waals surface area contributed by atoms with Gasteiger partial charge < -0.3 is 19.8 Å². The summed E-state index contributed by atoms with van der Waals surface area (Å²) < 4.78 is 10.4.